The molecule has 0 saturated heterocycles. The lowest BCUT2D eigenvalue weighted by Gasteiger charge is -2.27. The van der Waals surface area contributed by atoms with Crippen LogP contribution in [0.5, 0.6) is 0 Å². The van der Waals surface area contributed by atoms with E-state index < -0.39 is 0 Å². The highest BCUT2D eigenvalue weighted by Gasteiger charge is 2.22. The van der Waals surface area contributed by atoms with Gasteiger partial charge in [-0.1, -0.05) is 98.1 Å². The first kappa shape index (κ1) is 25.4. The minimum absolute atomic E-state index is 0.837. The van der Waals surface area contributed by atoms with Crippen LogP contribution in [0.2, 0.25) is 0 Å². The van der Waals surface area contributed by atoms with Gasteiger partial charge in [0.25, 0.3) is 0 Å². The lowest BCUT2D eigenvalue weighted by molar-refractivity contribution is 0.407. The van der Waals surface area contributed by atoms with Gasteiger partial charge in [0.2, 0.25) is 0 Å². The average Bonchev–Trinajstić information content (AvgIpc) is 3.15. The molecule has 0 radical (unpaired) electrons. The molecule has 1 aliphatic heterocycles. The summed E-state index contributed by atoms with van der Waals surface area (Å²) in [5, 5.41) is 5.78. The van der Waals surface area contributed by atoms with Gasteiger partial charge in [0, 0.05) is 48.8 Å². The molecule has 192 valence electrons. The second kappa shape index (κ2) is 11.9. The summed E-state index contributed by atoms with van der Waals surface area (Å²) in [7, 11) is 0. The molecule has 0 aliphatic carbocycles. The Labute approximate surface area is 227 Å². The van der Waals surface area contributed by atoms with E-state index in [1.54, 1.807) is 0 Å². The molecular formula is C35H37N3. The van der Waals surface area contributed by atoms with E-state index in [2.05, 4.69) is 119 Å². The van der Waals surface area contributed by atoms with Crippen molar-refractivity contribution in [1.82, 2.24) is 10.2 Å². The standard InChI is InChI=1S/C35H37N3/c1-4-21-36-27(2)12-11-22-37-23-24-38(28(3)33-18-10-16-30-15-8-9-17-34(30)33)26-32-25-31(19-20-35(32)37)29-13-6-5-7-14-29/h4-10,13-21,25,36H,2-3,11-12,22-24,26H2,1H3/b21-4-. The van der Waals surface area contributed by atoms with Gasteiger partial charge in [-0.05, 0) is 65.6 Å². The average molecular weight is 500 g/mol. The summed E-state index contributed by atoms with van der Waals surface area (Å²) >= 11 is 0. The molecule has 38 heavy (non-hydrogen) atoms. The summed E-state index contributed by atoms with van der Waals surface area (Å²) in [4.78, 5) is 5.01. The van der Waals surface area contributed by atoms with Crippen LogP contribution in [-0.4, -0.2) is 24.5 Å². The van der Waals surface area contributed by atoms with Crippen LogP contribution in [-0.2, 0) is 6.54 Å². The van der Waals surface area contributed by atoms with Crippen molar-refractivity contribution in [2.24, 2.45) is 0 Å². The molecule has 0 fully saturated rings. The fourth-order valence-electron chi connectivity index (χ4n) is 5.34. The van der Waals surface area contributed by atoms with Gasteiger partial charge in [0.1, 0.15) is 0 Å². The van der Waals surface area contributed by atoms with Crippen LogP contribution in [0, 0.1) is 0 Å². The van der Waals surface area contributed by atoms with Crippen molar-refractivity contribution in [3.8, 4) is 11.1 Å². The molecule has 4 aromatic carbocycles. The minimum Gasteiger partial charge on any atom is -0.369 e. The molecular weight excluding hydrogens is 462 g/mol. The van der Waals surface area contributed by atoms with Crippen molar-refractivity contribution in [3.05, 3.63) is 133 Å². The molecule has 4 aromatic rings. The number of hydrogen-bond donors (Lipinski definition) is 1. The molecule has 3 nitrogen and oxygen atoms in total. The zero-order chi connectivity index (χ0) is 26.3. The quantitative estimate of drug-likeness (QED) is 0.250. The summed E-state index contributed by atoms with van der Waals surface area (Å²) in [6.45, 7) is 14.5. The van der Waals surface area contributed by atoms with Crippen LogP contribution < -0.4 is 10.2 Å². The van der Waals surface area contributed by atoms with Gasteiger partial charge in [-0.2, -0.15) is 0 Å². The number of rotatable bonds is 9. The molecule has 0 atom stereocenters. The number of nitrogens with zero attached hydrogens (tertiary/aromatic N) is 2. The fraction of sp³-hybridized carbons (Fsp3) is 0.200. The van der Waals surface area contributed by atoms with Gasteiger partial charge in [-0.3, -0.25) is 0 Å². The van der Waals surface area contributed by atoms with Crippen molar-refractivity contribution < 1.29 is 0 Å². The third-order valence-electron chi connectivity index (χ3n) is 7.37. The summed E-state index contributed by atoms with van der Waals surface area (Å²) in [6, 6.07) is 32.7. The van der Waals surface area contributed by atoms with E-state index in [9.17, 15) is 0 Å². The van der Waals surface area contributed by atoms with Crippen molar-refractivity contribution in [3.63, 3.8) is 0 Å². The van der Waals surface area contributed by atoms with Gasteiger partial charge in [0.05, 0.1) is 0 Å². The maximum atomic E-state index is 4.61. The number of hydrogen-bond acceptors (Lipinski definition) is 3. The van der Waals surface area contributed by atoms with Crippen LogP contribution in [0.15, 0.2) is 122 Å². The predicted molar refractivity (Wildman–Crippen MR) is 164 cm³/mol. The number of fused-ring (bicyclic) bond motifs is 2. The van der Waals surface area contributed by atoms with E-state index in [1.807, 2.05) is 19.2 Å². The molecule has 3 heteroatoms. The second-order valence-corrected chi connectivity index (χ2v) is 9.94. The zero-order valence-corrected chi connectivity index (χ0v) is 22.4. The van der Waals surface area contributed by atoms with Crippen LogP contribution in [0.4, 0.5) is 5.69 Å². The van der Waals surface area contributed by atoms with Crippen LogP contribution in [0.3, 0.4) is 0 Å². The summed E-state index contributed by atoms with van der Waals surface area (Å²) < 4.78 is 0. The molecule has 1 heterocycles. The van der Waals surface area contributed by atoms with Crippen molar-refractivity contribution in [2.75, 3.05) is 24.5 Å². The maximum Gasteiger partial charge on any atom is 0.0451 e. The molecule has 1 N–H and O–H groups in total. The van der Waals surface area contributed by atoms with Gasteiger partial charge in [-0.15, -0.1) is 0 Å². The van der Waals surface area contributed by atoms with Crippen molar-refractivity contribution in [2.45, 2.75) is 26.3 Å². The molecule has 1 aliphatic rings. The Hall–Kier alpha value is -4.24. The topological polar surface area (TPSA) is 18.5 Å². The zero-order valence-electron chi connectivity index (χ0n) is 22.4. The first-order valence-corrected chi connectivity index (χ1v) is 13.5. The molecule has 5 rings (SSSR count). The molecule has 0 amide bonds. The Kier molecular flexibility index (Phi) is 7.94. The van der Waals surface area contributed by atoms with Crippen LogP contribution >= 0.6 is 0 Å². The monoisotopic (exact) mass is 499 g/mol. The maximum absolute atomic E-state index is 4.61. The lowest BCUT2D eigenvalue weighted by Crippen LogP contribution is -2.31. The first-order chi connectivity index (χ1) is 18.6. The predicted octanol–water partition coefficient (Wildman–Crippen LogP) is 8.22. The largest absolute Gasteiger partial charge is 0.369 e. The van der Waals surface area contributed by atoms with E-state index in [1.165, 1.54) is 38.7 Å². The van der Waals surface area contributed by atoms with Crippen LogP contribution in [0.25, 0.3) is 27.6 Å². The van der Waals surface area contributed by atoms with E-state index in [4.69, 9.17) is 0 Å². The Morgan fingerprint density at radius 3 is 2.50 bits per heavy atom. The molecule has 0 spiro atoms. The highest BCUT2D eigenvalue weighted by molar-refractivity contribution is 5.93. The Morgan fingerprint density at radius 1 is 0.868 bits per heavy atom. The smallest absolute Gasteiger partial charge is 0.0451 e. The molecule has 0 aromatic heterocycles. The number of allylic oxidation sites excluding steroid dienone is 2. The molecule has 0 unspecified atom stereocenters. The molecule has 0 bridgehead atoms. The second-order valence-electron chi connectivity index (χ2n) is 9.94. The fourth-order valence-corrected chi connectivity index (χ4v) is 5.34. The summed E-state index contributed by atoms with van der Waals surface area (Å²) in [5.74, 6) is 0. The Morgan fingerprint density at radius 2 is 1.66 bits per heavy atom. The van der Waals surface area contributed by atoms with Gasteiger partial charge in [0.15, 0.2) is 0 Å². The van der Waals surface area contributed by atoms with E-state index in [0.717, 1.165) is 50.4 Å². The molecule has 0 saturated carbocycles. The summed E-state index contributed by atoms with van der Waals surface area (Å²) in [5.41, 5.74) is 8.53. The third-order valence-corrected chi connectivity index (χ3v) is 7.37. The highest BCUT2D eigenvalue weighted by Crippen LogP contribution is 2.34. The lowest BCUT2D eigenvalue weighted by atomic mass is 10.00. The van der Waals surface area contributed by atoms with Gasteiger partial charge in [-0.25, -0.2) is 0 Å². The Bertz CT molecular complexity index is 1450. The van der Waals surface area contributed by atoms with E-state index in [0.29, 0.717) is 0 Å². The number of benzene rings is 4. The van der Waals surface area contributed by atoms with E-state index in [-0.39, 0.29) is 0 Å². The minimum atomic E-state index is 0.837. The van der Waals surface area contributed by atoms with E-state index >= 15 is 0 Å². The first-order valence-electron chi connectivity index (χ1n) is 13.5. The third kappa shape index (κ3) is 5.68. The van der Waals surface area contributed by atoms with Crippen molar-refractivity contribution in [1.29, 1.82) is 0 Å². The Balaban J connectivity index is 1.44. The van der Waals surface area contributed by atoms with Gasteiger partial charge >= 0.3 is 0 Å². The number of anilines is 1. The highest BCUT2D eigenvalue weighted by atomic mass is 15.2. The van der Waals surface area contributed by atoms with Crippen molar-refractivity contribution >= 4 is 22.2 Å². The normalized spacial score (nSPS) is 13.4. The van der Waals surface area contributed by atoms with Crippen LogP contribution in [0.1, 0.15) is 30.9 Å². The SMILES string of the molecule is C=C(CCCN1CCN(C(=C)c2cccc3ccccc23)Cc2cc(-c3ccccc3)ccc21)N/C=C\C. The summed E-state index contributed by atoms with van der Waals surface area (Å²) in [6.07, 6.45) is 5.95. The number of nitrogens with one attached hydrogen (secondary N) is 1. The van der Waals surface area contributed by atoms with Gasteiger partial charge < -0.3 is 15.1 Å².